The van der Waals surface area contributed by atoms with E-state index in [9.17, 15) is 14.0 Å². The van der Waals surface area contributed by atoms with E-state index in [2.05, 4.69) is 0 Å². The maximum Gasteiger partial charge on any atom is 0.294 e. The van der Waals surface area contributed by atoms with Crippen molar-refractivity contribution in [3.63, 3.8) is 0 Å². The third-order valence-electron chi connectivity index (χ3n) is 5.56. The van der Waals surface area contributed by atoms with Crippen LogP contribution in [-0.4, -0.2) is 55.7 Å². The quantitative estimate of drug-likeness (QED) is 0.630. The number of amides is 2. The number of carbonyl (C=O) groups is 2. The second-order valence-corrected chi connectivity index (χ2v) is 7.60. The van der Waals surface area contributed by atoms with Gasteiger partial charge in [0.25, 0.3) is 11.8 Å². The van der Waals surface area contributed by atoms with Crippen LogP contribution in [-0.2, 0) is 9.53 Å². The molecule has 32 heavy (non-hydrogen) atoms. The molecule has 7 nitrogen and oxygen atoms in total. The van der Waals surface area contributed by atoms with Gasteiger partial charge < -0.3 is 18.8 Å². The van der Waals surface area contributed by atoms with Crippen molar-refractivity contribution in [1.29, 1.82) is 0 Å². The highest BCUT2D eigenvalue weighted by Gasteiger charge is 2.37. The fourth-order valence-electron chi connectivity index (χ4n) is 3.90. The van der Waals surface area contributed by atoms with E-state index in [0.29, 0.717) is 49.1 Å². The molecule has 0 aliphatic carbocycles. The fraction of sp³-hybridized carbons (Fsp3) is 0.250. The zero-order chi connectivity index (χ0) is 22.1. The molecule has 0 N–H and O–H groups in total. The number of anilines is 1. The maximum atomic E-state index is 13.4. The van der Waals surface area contributed by atoms with Crippen LogP contribution < -0.4 is 9.64 Å². The number of nitrogens with zero attached hydrogens (tertiary/aromatic N) is 2. The van der Waals surface area contributed by atoms with Crippen molar-refractivity contribution in [2.75, 3.05) is 37.7 Å². The maximum absolute atomic E-state index is 13.4. The summed E-state index contributed by atoms with van der Waals surface area (Å²) in [4.78, 5) is 29.6. The predicted octanol–water partition coefficient (Wildman–Crippen LogP) is 3.35. The van der Waals surface area contributed by atoms with E-state index >= 15 is 0 Å². The Kier molecular flexibility index (Phi) is 5.36. The Balaban J connectivity index is 1.42. The molecule has 1 saturated heterocycles. The Morgan fingerprint density at radius 3 is 2.47 bits per heavy atom. The van der Waals surface area contributed by atoms with Crippen LogP contribution in [0.4, 0.5) is 10.1 Å². The summed E-state index contributed by atoms with van der Waals surface area (Å²) in [5, 5.41) is 0. The highest BCUT2D eigenvalue weighted by Crippen LogP contribution is 2.35. The monoisotopic (exact) mass is 436 g/mol. The van der Waals surface area contributed by atoms with E-state index in [4.69, 9.17) is 13.9 Å². The van der Waals surface area contributed by atoms with Crippen molar-refractivity contribution in [3.05, 3.63) is 72.2 Å². The minimum absolute atomic E-state index is 0.0681. The molecule has 2 aromatic carbocycles. The molecular formula is C24H21FN2O5. The summed E-state index contributed by atoms with van der Waals surface area (Å²) in [5.74, 6) is 0.136. The molecule has 0 spiro atoms. The average molecular weight is 436 g/mol. The van der Waals surface area contributed by atoms with Crippen LogP contribution in [0, 0.1) is 5.82 Å². The van der Waals surface area contributed by atoms with Crippen molar-refractivity contribution < 1.29 is 27.9 Å². The average Bonchev–Trinajstić information content (AvgIpc) is 3.34. The van der Waals surface area contributed by atoms with Gasteiger partial charge in [-0.25, -0.2) is 4.39 Å². The first-order valence-electron chi connectivity index (χ1n) is 10.4. The number of carbonyl (C=O) groups excluding carboxylic acids is 2. The summed E-state index contributed by atoms with van der Waals surface area (Å²) in [6.45, 7) is 2.02. The van der Waals surface area contributed by atoms with Crippen LogP contribution in [0.1, 0.15) is 10.6 Å². The van der Waals surface area contributed by atoms with E-state index < -0.39 is 6.10 Å². The molecule has 1 atom stereocenters. The highest BCUT2D eigenvalue weighted by molar-refractivity contribution is 6.06. The van der Waals surface area contributed by atoms with Gasteiger partial charge >= 0.3 is 0 Å². The van der Waals surface area contributed by atoms with Gasteiger partial charge in [-0.15, -0.1) is 0 Å². The normalized spacial score (nSPS) is 18.1. The number of ether oxygens (including phenoxy) is 2. The number of benzene rings is 2. The standard InChI is InChI=1S/C24H21FN2O5/c25-17-7-5-16(6-8-17)19-9-10-21(31-19)24(29)27-15-22(23(28)26-11-13-30-14-12-26)32-20-4-2-1-3-18(20)27/h1-10,22H,11-15H2/t22-/m0/s1. The minimum Gasteiger partial charge on any atom is -0.476 e. The Bertz CT molecular complexity index is 1140. The van der Waals surface area contributed by atoms with Crippen molar-refractivity contribution >= 4 is 17.5 Å². The zero-order valence-corrected chi connectivity index (χ0v) is 17.2. The second kappa shape index (κ2) is 8.47. The molecule has 2 amide bonds. The number of rotatable bonds is 3. The van der Waals surface area contributed by atoms with Crippen molar-refractivity contribution in [2.45, 2.75) is 6.10 Å². The molecule has 0 radical (unpaired) electrons. The molecular weight excluding hydrogens is 415 g/mol. The van der Waals surface area contributed by atoms with Crippen LogP contribution >= 0.6 is 0 Å². The van der Waals surface area contributed by atoms with E-state index in [1.54, 1.807) is 53.4 Å². The smallest absolute Gasteiger partial charge is 0.294 e. The van der Waals surface area contributed by atoms with Crippen LogP contribution in [0.15, 0.2) is 65.1 Å². The number of halogens is 1. The molecule has 1 fully saturated rings. The summed E-state index contributed by atoms with van der Waals surface area (Å²) in [5.41, 5.74) is 1.23. The topological polar surface area (TPSA) is 72.2 Å². The summed E-state index contributed by atoms with van der Waals surface area (Å²) in [6.07, 6.45) is -0.821. The van der Waals surface area contributed by atoms with Crippen molar-refractivity contribution in [2.24, 2.45) is 0 Å². The van der Waals surface area contributed by atoms with E-state index in [0.717, 1.165) is 0 Å². The SMILES string of the molecule is O=C([C@@H]1CN(C(=O)c2ccc(-c3ccc(F)cc3)o2)c2ccccc2O1)N1CCOCC1. The number of hydrogen-bond acceptors (Lipinski definition) is 5. The summed E-state index contributed by atoms with van der Waals surface area (Å²) < 4.78 is 30.3. The fourth-order valence-corrected chi connectivity index (χ4v) is 3.90. The number of hydrogen-bond donors (Lipinski definition) is 0. The summed E-state index contributed by atoms with van der Waals surface area (Å²) >= 11 is 0. The van der Waals surface area contributed by atoms with E-state index in [-0.39, 0.29) is 29.9 Å². The van der Waals surface area contributed by atoms with Gasteiger partial charge in [-0.3, -0.25) is 14.5 Å². The van der Waals surface area contributed by atoms with Crippen LogP contribution in [0.25, 0.3) is 11.3 Å². The first-order chi connectivity index (χ1) is 15.6. The van der Waals surface area contributed by atoms with E-state index in [1.807, 2.05) is 0 Å². The molecule has 0 bridgehead atoms. The van der Waals surface area contributed by atoms with Gasteiger partial charge in [-0.2, -0.15) is 0 Å². The van der Waals surface area contributed by atoms with Gasteiger partial charge in [0.2, 0.25) is 0 Å². The molecule has 3 aromatic rings. The molecule has 2 aliphatic heterocycles. The Morgan fingerprint density at radius 2 is 1.69 bits per heavy atom. The lowest BCUT2D eigenvalue weighted by Crippen LogP contribution is -2.54. The predicted molar refractivity (Wildman–Crippen MR) is 114 cm³/mol. The molecule has 8 heteroatoms. The molecule has 0 unspecified atom stereocenters. The summed E-state index contributed by atoms with van der Waals surface area (Å²) in [7, 11) is 0. The summed E-state index contributed by atoms with van der Waals surface area (Å²) in [6, 6.07) is 16.2. The van der Waals surface area contributed by atoms with Gasteiger partial charge in [0, 0.05) is 18.7 Å². The molecule has 2 aliphatic rings. The molecule has 1 aromatic heterocycles. The molecule has 3 heterocycles. The first-order valence-corrected chi connectivity index (χ1v) is 10.4. The van der Waals surface area contributed by atoms with Gasteiger partial charge in [-0.05, 0) is 48.5 Å². The zero-order valence-electron chi connectivity index (χ0n) is 17.2. The molecule has 0 saturated carbocycles. The largest absolute Gasteiger partial charge is 0.476 e. The third-order valence-corrected chi connectivity index (χ3v) is 5.56. The van der Waals surface area contributed by atoms with E-state index in [1.165, 1.54) is 17.0 Å². The van der Waals surface area contributed by atoms with Crippen LogP contribution in [0.5, 0.6) is 5.75 Å². The van der Waals surface area contributed by atoms with Crippen molar-refractivity contribution in [1.82, 2.24) is 4.90 Å². The van der Waals surface area contributed by atoms with Gasteiger partial charge in [0.05, 0.1) is 25.4 Å². The van der Waals surface area contributed by atoms with Gasteiger partial charge in [-0.1, -0.05) is 12.1 Å². The number of morpholine rings is 1. The minimum atomic E-state index is -0.821. The molecule has 5 rings (SSSR count). The van der Waals surface area contributed by atoms with Crippen LogP contribution in [0.3, 0.4) is 0 Å². The lowest BCUT2D eigenvalue weighted by Gasteiger charge is -2.37. The number of para-hydroxylation sites is 2. The van der Waals surface area contributed by atoms with Gasteiger partial charge in [0.15, 0.2) is 11.9 Å². The van der Waals surface area contributed by atoms with Crippen molar-refractivity contribution in [3.8, 4) is 17.1 Å². The Hall–Kier alpha value is -3.65. The third kappa shape index (κ3) is 3.85. The van der Waals surface area contributed by atoms with Gasteiger partial charge in [0.1, 0.15) is 17.3 Å². The Labute approximate surface area is 183 Å². The lowest BCUT2D eigenvalue weighted by atomic mass is 10.1. The lowest BCUT2D eigenvalue weighted by molar-refractivity contribution is -0.142. The molecule has 164 valence electrons. The van der Waals surface area contributed by atoms with Crippen LogP contribution in [0.2, 0.25) is 0 Å². The second-order valence-electron chi connectivity index (χ2n) is 7.60. The number of fused-ring (bicyclic) bond motifs is 1. The Morgan fingerprint density at radius 1 is 0.938 bits per heavy atom. The number of furan rings is 1. The highest BCUT2D eigenvalue weighted by atomic mass is 19.1. The first kappa shape index (κ1) is 20.3.